The van der Waals surface area contributed by atoms with Crippen molar-refractivity contribution in [1.82, 2.24) is 5.43 Å². The number of hydrogen-bond donors (Lipinski definition) is 2. The van der Waals surface area contributed by atoms with Crippen molar-refractivity contribution in [1.29, 1.82) is 0 Å². The number of hydrazone groups is 1. The summed E-state index contributed by atoms with van der Waals surface area (Å²) in [6, 6.07) is 0. The quantitative estimate of drug-likeness (QED) is 0.644. The molecule has 0 amide bonds. The summed E-state index contributed by atoms with van der Waals surface area (Å²) >= 11 is 6.70. The van der Waals surface area contributed by atoms with Crippen LogP contribution in [0.5, 0.6) is 0 Å². The highest BCUT2D eigenvalue weighted by atomic mass is 32.1. The lowest BCUT2D eigenvalue weighted by molar-refractivity contribution is 1.06. The lowest BCUT2D eigenvalue weighted by Crippen LogP contribution is -2.21. The van der Waals surface area contributed by atoms with E-state index in [1.807, 2.05) is 0 Å². The number of nitrogens with zero attached hydrogens (tertiary/aromatic N) is 1. The summed E-state index contributed by atoms with van der Waals surface area (Å²) in [6.07, 6.45) is 1.81. The minimum Gasteiger partial charge on any atom is -0.322 e. The summed E-state index contributed by atoms with van der Waals surface area (Å²) in [7, 11) is 0. The number of hydrogen-bond acceptors (Lipinski definition) is 3. The van der Waals surface area contributed by atoms with Crippen molar-refractivity contribution in [2.45, 2.75) is 13.8 Å². The number of nitrogens with one attached hydrogen (secondary N) is 2. The lowest BCUT2D eigenvalue weighted by Gasteiger charge is -2.00. The van der Waals surface area contributed by atoms with Crippen molar-refractivity contribution >= 4 is 39.9 Å². The maximum atomic E-state index is 4.99. The van der Waals surface area contributed by atoms with Crippen molar-refractivity contribution in [2.75, 3.05) is 5.32 Å². The Morgan fingerprint density at radius 1 is 1.46 bits per heavy atom. The second-order valence-electron chi connectivity index (χ2n) is 2.85. The van der Waals surface area contributed by atoms with Gasteiger partial charge in [0.1, 0.15) is 5.00 Å². The molecule has 0 saturated heterocycles. The van der Waals surface area contributed by atoms with Gasteiger partial charge < -0.3 is 5.32 Å². The predicted octanol–water partition coefficient (Wildman–Crippen LogP) is 2.00. The molecule has 0 atom stereocenters. The van der Waals surface area contributed by atoms with Crippen molar-refractivity contribution < 1.29 is 0 Å². The Bertz CT molecular complexity index is 392. The molecule has 1 aliphatic heterocycles. The van der Waals surface area contributed by atoms with Crippen LogP contribution in [0.25, 0.3) is 0 Å². The van der Waals surface area contributed by atoms with E-state index in [1.165, 1.54) is 10.4 Å². The van der Waals surface area contributed by atoms with Gasteiger partial charge in [-0.15, -0.1) is 11.3 Å². The average molecular weight is 211 g/mol. The average Bonchev–Trinajstić information content (AvgIpc) is 2.28. The fraction of sp³-hybridized carbons (Fsp3) is 0.250. The Hall–Kier alpha value is -0.940. The fourth-order valence-electron chi connectivity index (χ4n) is 1.18. The Balaban J connectivity index is 2.55. The Labute approximate surface area is 85.8 Å². The number of rotatable bonds is 0. The van der Waals surface area contributed by atoms with Crippen LogP contribution < -0.4 is 10.7 Å². The summed E-state index contributed by atoms with van der Waals surface area (Å²) in [4.78, 5) is 1.30. The summed E-state index contributed by atoms with van der Waals surface area (Å²) < 4.78 is 0. The fourth-order valence-corrected chi connectivity index (χ4v) is 2.44. The standard InChI is InChI=1S/C8H9N3S2/c1-4-5(2)13-7-6(4)3-9-11-8(12)10-7/h3H,1-2H3,(H2,10,11,12). The third-order valence-electron chi connectivity index (χ3n) is 2.02. The molecule has 2 rings (SSSR count). The van der Waals surface area contributed by atoms with Crippen LogP contribution in [-0.2, 0) is 0 Å². The minimum atomic E-state index is 0.552. The maximum Gasteiger partial charge on any atom is 0.192 e. The molecule has 0 aliphatic carbocycles. The van der Waals surface area contributed by atoms with Crippen LogP contribution in [0.2, 0.25) is 0 Å². The number of thiophene rings is 1. The highest BCUT2D eigenvalue weighted by Crippen LogP contribution is 2.31. The zero-order valence-electron chi connectivity index (χ0n) is 7.34. The molecular weight excluding hydrogens is 202 g/mol. The van der Waals surface area contributed by atoms with Crippen LogP contribution in [0.15, 0.2) is 5.10 Å². The van der Waals surface area contributed by atoms with Gasteiger partial charge in [-0.1, -0.05) is 0 Å². The van der Waals surface area contributed by atoms with Gasteiger partial charge >= 0.3 is 0 Å². The van der Waals surface area contributed by atoms with Crippen LogP contribution in [0.1, 0.15) is 16.0 Å². The molecule has 13 heavy (non-hydrogen) atoms. The number of fused-ring (bicyclic) bond motifs is 1. The van der Waals surface area contributed by atoms with Crippen LogP contribution >= 0.6 is 23.6 Å². The van der Waals surface area contributed by atoms with Gasteiger partial charge in [0.2, 0.25) is 0 Å². The highest BCUT2D eigenvalue weighted by molar-refractivity contribution is 7.80. The normalized spacial score (nSPS) is 14.5. The van der Waals surface area contributed by atoms with E-state index in [2.05, 4.69) is 29.7 Å². The topological polar surface area (TPSA) is 36.4 Å². The van der Waals surface area contributed by atoms with Crippen LogP contribution in [0.3, 0.4) is 0 Å². The number of thiocarbonyl (C=S) groups is 1. The SMILES string of the molecule is Cc1sc2c(c1C)C=NNC(=S)N2. The highest BCUT2D eigenvalue weighted by Gasteiger charge is 2.13. The van der Waals surface area contributed by atoms with E-state index in [-0.39, 0.29) is 0 Å². The molecule has 1 aromatic rings. The molecule has 0 spiro atoms. The molecule has 0 aromatic carbocycles. The first-order valence-electron chi connectivity index (χ1n) is 3.88. The van der Waals surface area contributed by atoms with E-state index < -0.39 is 0 Å². The van der Waals surface area contributed by atoms with E-state index in [0.29, 0.717) is 5.11 Å². The van der Waals surface area contributed by atoms with E-state index in [9.17, 15) is 0 Å². The third-order valence-corrected chi connectivity index (χ3v) is 3.35. The Kier molecular flexibility index (Phi) is 2.05. The molecule has 1 aromatic heterocycles. The molecule has 1 aliphatic rings. The van der Waals surface area contributed by atoms with Crippen LogP contribution in [-0.4, -0.2) is 11.3 Å². The van der Waals surface area contributed by atoms with Crippen molar-refractivity contribution in [3.8, 4) is 0 Å². The Morgan fingerprint density at radius 3 is 3.00 bits per heavy atom. The minimum absolute atomic E-state index is 0.552. The molecule has 5 heteroatoms. The van der Waals surface area contributed by atoms with Crippen molar-refractivity contribution in [2.24, 2.45) is 5.10 Å². The summed E-state index contributed by atoms with van der Waals surface area (Å²) in [6.45, 7) is 4.19. The van der Waals surface area contributed by atoms with E-state index in [1.54, 1.807) is 17.6 Å². The largest absolute Gasteiger partial charge is 0.322 e. The first kappa shape index (κ1) is 8.65. The molecule has 0 saturated carbocycles. The summed E-state index contributed by atoms with van der Waals surface area (Å²) in [5.74, 6) is 0. The number of anilines is 1. The second-order valence-corrected chi connectivity index (χ2v) is 4.48. The van der Waals surface area contributed by atoms with Gasteiger partial charge in [0.15, 0.2) is 5.11 Å². The van der Waals surface area contributed by atoms with Gasteiger partial charge in [0.05, 0.1) is 6.21 Å². The van der Waals surface area contributed by atoms with E-state index >= 15 is 0 Å². The maximum absolute atomic E-state index is 4.99. The second kappa shape index (κ2) is 3.08. The van der Waals surface area contributed by atoms with Gasteiger partial charge in [-0.25, -0.2) is 0 Å². The first-order valence-corrected chi connectivity index (χ1v) is 5.11. The summed E-state index contributed by atoms with van der Waals surface area (Å²) in [5, 5.41) is 8.72. The monoisotopic (exact) mass is 211 g/mol. The van der Waals surface area contributed by atoms with Gasteiger partial charge in [-0.05, 0) is 31.6 Å². The molecule has 0 unspecified atom stereocenters. The van der Waals surface area contributed by atoms with Crippen LogP contribution in [0, 0.1) is 13.8 Å². The predicted molar refractivity (Wildman–Crippen MR) is 60.7 cm³/mol. The van der Waals surface area contributed by atoms with E-state index in [4.69, 9.17) is 12.2 Å². The molecule has 68 valence electrons. The smallest absolute Gasteiger partial charge is 0.192 e. The summed E-state index contributed by atoms with van der Waals surface area (Å²) in [5.41, 5.74) is 5.12. The molecule has 3 nitrogen and oxygen atoms in total. The van der Waals surface area contributed by atoms with Crippen LogP contribution in [0.4, 0.5) is 5.00 Å². The molecular formula is C8H9N3S2. The van der Waals surface area contributed by atoms with Gasteiger partial charge in [-0.2, -0.15) is 5.10 Å². The van der Waals surface area contributed by atoms with Gasteiger partial charge in [0, 0.05) is 10.4 Å². The molecule has 2 heterocycles. The molecule has 0 fully saturated rings. The zero-order chi connectivity index (χ0) is 9.42. The third kappa shape index (κ3) is 1.45. The van der Waals surface area contributed by atoms with Gasteiger partial charge in [0.25, 0.3) is 0 Å². The molecule has 0 bridgehead atoms. The molecule has 2 N–H and O–H groups in total. The van der Waals surface area contributed by atoms with E-state index in [0.717, 1.165) is 10.6 Å². The molecule has 0 radical (unpaired) electrons. The first-order chi connectivity index (χ1) is 6.18. The van der Waals surface area contributed by atoms with Crippen molar-refractivity contribution in [3.05, 3.63) is 16.0 Å². The van der Waals surface area contributed by atoms with Crippen molar-refractivity contribution in [3.63, 3.8) is 0 Å². The Morgan fingerprint density at radius 2 is 2.23 bits per heavy atom. The lowest BCUT2D eigenvalue weighted by atomic mass is 10.2. The zero-order valence-corrected chi connectivity index (χ0v) is 8.97. The van der Waals surface area contributed by atoms with Gasteiger partial charge in [-0.3, -0.25) is 5.43 Å². The number of aryl methyl sites for hydroxylation is 1.